The molecule has 0 saturated heterocycles. The number of nitrogens with zero attached hydrogens (tertiary/aromatic N) is 3. The highest BCUT2D eigenvalue weighted by atomic mass is 35.5. The normalized spacial score (nSPS) is 14.6. The molecule has 4 nitrogen and oxygen atoms in total. The van der Waals surface area contributed by atoms with E-state index in [2.05, 4.69) is 22.3 Å². The van der Waals surface area contributed by atoms with Crippen LogP contribution in [0.1, 0.15) is 31.2 Å². The minimum atomic E-state index is 0.376. The summed E-state index contributed by atoms with van der Waals surface area (Å²) < 4.78 is 8.08. The summed E-state index contributed by atoms with van der Waals surface area (Å²) >= 11 is 7.61. The van der Waals surface area contributed by atoms with Gasteiger partial charge < -0.3 is 9.30 Å². The SMILES string of the molecule is Cn1c(SCc2ccc(Cl)cc2)nnc1-c1ccc(OC2CCCC2)cc1. The van der Waals surface area contributed by atoms with Crippen LogP contribution in [0, 0.1) is 0 Å². The van der Waals surface area contributed by atoms with E-state index in [4.69, 9.17) is 16.3 Å². The maximum atomic E-state index is 6.04. The van der Waals surface area contributed by atoms with Crippen molar-refractivity contribution < 1.29 is 4.74 Å². The zero-order valence-corrected chi connectivity index (χ0v) is 16.8. The third-order valence-corrected chi connectivity index (χ3v) is 6.18. The molecule has 0 radical (unpaired) electrons. The minimum absolute atomic E-state index is 0.376. The van der Waals surface area contributed by atoms with Crippen LogP contribution in [0.4, 0.5) is 0 Å². The lowest BCUT2D eigenvalue weighted by atomic mass is 10.2. The minimum Gasteiger partial charge on any atom is -0.490 e. The molecule has 140 valence electrons. The van der Waals surface area contributed by atoms with Crippen molar-refractivity contribution in [2.75, 3.05) is 0 Å². The van der Waals surface area contributed by atoms with Gasteiger partial charge in [-0.3, -0.25) is 0 Å². The zero-order chi connectivity index (χ0) is 18.6. The molecule has 0 amide bonds. The first-order chi connectivity index (χ1) is 13.2. The first-order valence-corrected chi connectivity index (χ1v) is 10.6. The van der Waals surface area contributed by atoms with Crippen LogP contribution in [0.15, 0.2) is 53.7 Å². The summed E-state index contributed by atoms with van der Waals surface area (Å²) in [6, 6.07) is 16.1. The molecule has 0 aliphatic heterocycles. The highest BCUT2D eigenvalue weighted by Crippen LogP contribution is 2.28. The van der Waals surface area contributed by atoms with E-state index >= 15 is 0 Å². The lowest BCUT2D eigenvalue weighted by Gasteiger charge is -2.13. The molecule has 27 heavy (non-hydrogen) atoms. The molecule has 1 aromatic heterocycles. The van der Waals surface area contributed by atoms with Gasteiger partial charge in [0.25, 0.3) is 0 Å². The number of halogens is 1. The maximum Gasteiger partial charge on any atom is 0.191 e. The van der Waals surface area contributed by atoms with Crippen molar-refractivity contribution >= 4 is 23.4 Å². The lowest BCUT2D eigenvalue weighted by Crippen LogP contribution is -2.10. The van der Waals surface area contributed by atoms with E-state index in [1.807, 2.05) is 48.0 Å². The summed E-state index contributed by atoms with van der Waals surface area (Å²) in [6.07, 6.45) is 5.26. The van der Waals surface area contributed by atoms with Crippen molar-refractivity contribution in [1.29, 1.82) is 0 Å². The number of aromatic nitrogens is 3. The van der Waals surface area contributed by atoms with Gasteiger partial charge in [-0.2, -0.15) is 0 Å². The number of rotatable bonds is 6. The first kappa shape index (κ1) is 18.4. The van der Waals surface area contributed by atoms with E-state index in [-0.39, 0.29) is 0 Å². The Morgan fingerprint density at radius 3 is 2.44 bits per heavy atom. The summed E-state index contributed by atoms with van der Waals surface area (Å²) in [5.74, 6) is 2.63. The molecular formula is C21H22ClN3OS. The Kier molecular flexibility index (Phi) is 5.69. The van der Waals surface area contributed by atoms with Gasteiger partial charge >= 0.3 is 0 Å². The Bertz CT molecular complexity index is 887. The van der Waals surface area contributed by atoms with Gasteiger partial charge in [0.05, 0.1) is 6.10 Å². The summed E-state index contributed by atoms with van der Waals surface area (Å²) in [7, 11) is 2.00. The molecule has 1 aliphatic carbocycles. The number of benzene rings is 2. The third-order valence-electron chi connectivity index (χ3n) is 4.83. The van der Waals surface area contributed by atoms with Crippen LogP contribution in [0.25, 0.3) is 11.4 Å². The fourth-order valence-electron chi connectivity index (χ4n) is 3.30. The predicted octanol–water partition coefficient (Wildman–Crippen LogP) is 5.75. The first-order valence-electron chi connectivity index (χ1n) is 9.23. The number of hydrogen-bond acceptors (Lipinski definition) is 4. The van der Waals surface area contributed by atoms with Crippen molar-refractivity contribution in [2.24, 2.45) is 7.05 Å². The molecule has 0 spiro atoms. The van der Waals surface area contributed by atoms with Crippen molar-refractivity contribution in [1.82, 2.24) is 14.8 Å². The van der Waals surface area contributed by atoms with Crippen LogP contribution >= 0.6 is 23.4 Å². The molecule has 6 heteroatoms. The van der Waals surface area contributed by atoms with Gasteiger partial charge in [0.2, 0.25) is 0 Å². The van der Waals surface area contributed by atoms with E-state index in [0.29, 0.717) is 6.10 Å². The molecule has 0 N–H and O–H groups in total. The molecule has 1 aliphatic rings. The molecule has 4 rings (SSSR count). The molecule has 1 heterocycles. The second kappa shape index (κ2) is 8.36. The van der Waals surface area contributed by atoms with E-state index in [1.54, 1.807) is 11.8 Å². The molecule has 0 unspecified atom stereocenters. The summed E-state index contributed by atoms with van der Waals surface area (Å²) in [5, 5.41) is 10.4. The number of ether oxygens (including phenoxy) is 1. The van der Waals surface area contributed by atoms with Crippen LogP contribution in [0.3, 0.4) is 0 Å². The molecule has 0 bridgehead atoms. The average Bonchev–Trinajstić information content (AvgIpc) is 3.32. The molecule has 0 atom stereocenters. The largest absolute Gasteiger partial charge is 0.490 e. The molecule has 2 aromatic carbocycles. The molecule has 1 fully saturated rings. The van der Waals surface area contributed by atoms with Crippen LogP contribution in [0.2, 0.25) is 5.02 Å². The average molecular weight is 400 g/mol. The second-order valence-electron chi connectivity index (χ2n) is 6.83. The summed E-state index contributed by atoms with van der Waals surface area (Å²) in [6.45, 7) is 0. The standard InChI is InChI=1S/C21H22ClN3OS/c1-25-20(16-8-12-19(13-9-16)26-18-4-2-3-5-18)23-24-21(25)27-14-15-6-10-17(22)11-7-15/h6-13,18H,2-5,14H2,1H3. The Labute approximate surface area is 168 Å². The van der Waals surface area contributed by atoms with Crippen molar-refractivity contribution in [3.05, 3.63) is 59.1 Å². The quantitative estimate of drug-likeness (QED) is 0.495. The van der Waals surface area contributed by atoms with Gasteiger partial charge in [-0.05, 0) is 67.6 Å². The Hall–Kier alpha value is -1.98. The predicted molar refractivity (Wildman–Crippen MR) is 110 cm³/mol. The van der Waals surface area contributed by atoms with Crippen LogP contribution in [-0.4, -0.2) is 20.9 Å². The third kappa shape index (κ3) is 4.47. The van der Waals surface area contributed by atoms with Crippen molar-refractivity contribution in [3.63, 3.8) is 0 Å². The Morgan fingerprint density at radius 1 is 1.04 bits per heavy atom. The maximum absolute atomic E-state index is 6.04. The summed E-state index contributed by atoms with van der Waals surface area (Å²) in [5.41, 5.74) is 2.25. The zero-order valence-electron chi connectivity index (χ0n) is 15.3. The lowest BCUT2D eigenvalue weighted by molar-refractivity contribution is 0.210. The van der Waals surface area contributed by atoms with E-state index in [1.165, 1.54) is 31.2 Å². The van der Waals surface area contributed by atoms with Gasteiger partial charge in [-0.15, -0.1) is 10.2 Å². The van der Waals surface area contributed by atoms with Gasteiger partial charge in [0.1, 0.15) is 5.75 Å². The van der Waals surface area contributed by atoms with Crippen LogP contribution in [0.5, 0.6) is 5.75 Å². The molecular weight excluding hydrogens is 378 g/mol. The second-order valence-corrected chi connectivity index (χ2v) is 8.21. The fraction of sp³-hybridized carbons (Fsp3) is 0.333. The highest BCUT2D eigenvalue weighted by molar-refractivity contribution is 7.98. The topological polar surface area (TPSA) is 39.9 Å². The molecule has 1 saturated carbocycles. The van der Waals surface area contributed by atoms with Crippen LogP contribution < -0.4 is 4.74 Å². The van der Waals surface area contributed by atoms with E-state index in [0.717, 1.165) is 33.1 Å². The Morgan fingerprint density at radius 2 is 1.74 bits per heavy atom. The Balaban J connectivity index is 1.42. The fourth-order valence-corrected chi connectivity index (χ4v) is 4.29. The van der Waals surface area contributed by atoms with E-state index < -0.39 is 0 Å². The van der Waals surface area contributed by atoms with Gasteiger partial charge in [0, 0.05) is 23.4 Å². The summed E-state index contributed by atoms with van der Waals surface area (Å²) in [4.78, 5) is 0. The van der Waals surface area contributed by atoms with Crippen molar-refractivity contribution in [3.8, 4) is 17.1 Å². The number of thioether (sulfide) groups is 1. The molecule has 3 aromatic rings. The van der Waals surface area contributed by atoms with Crippen LogP contribution in [-0.2, 0) is 12.8 Å². The van der Waals surface area contributed by atoms with Gasteiger partial charge in [-0.25, -0.2) is 0 Å². The van der Waals surface area contributed by atoms with Gasteiger partial charge in [0.15, 0.2) is 11.0 Å². The number of hydrogen-bond donors (Lipinski definition) is 0. The van der Waals surface area contributed by atoms with Gasteiger partial charge in [-0.1, -0.05) is 35.5 Å². The van der Waals surface area contributed by atoms with Crippen molar-refractivity contribution in [2.45, 2.75) is 42.7 Å². The smallest absolute Gasteiger partial charge is 0.191 e. The monoisotopic (exact) mass is 399 g/mol. The highest BCUT2D eigenvalue weighted by Gasteiger charge is 2.17. The van der Waals surface area contributed by atoms with E-state index in [9.17, 15) is 0 Å².